The zero-order valence-corrected chi connectivity index (χ0v) is 13.2. The molecule has 118 valence electrons. The molecule has 0 atom stereocenters. The third-order valence-electron chi connectivity index (χ3n) is 3.78. The Kier molecular flexibility index (Phi) is 4.28. The fourth-order valence-electron chi connectivity index (χ4n) is 2.43. The second-order valence-corrected chi connectivity index (χ2v) is 5.57. The summed E-state index contributed by atoms with van der Waals surface area (Å²) >= 11 is 0. The summed E-state index contributed by atoms with van der Waals surface area (Å²) in [7, 11) is 1.75. The molecule has 0 aliphatic carbocycles. The molecule has 2 heterocycles. The summed E-state index contributed by atoms with van der Waals surface area (Å²) in [6.07, 6.45) is 3.52. The van der Waals surface area contributed by atoms with E-state index in [0.717, 1.165) is 27.9 Å². The van der Waals surface area contributed by atoms with E-state index in [2.05, 4.69) is 10.3 Å². The van der Waals surface area contributed by atoms with Crippen molar-refractivity contribution in [2.45, 2.75) is 20.0 Å². The Morgan fingerprint density at radius 1 is 1.30 bits per heavy atom. The number of carbonyl (C=O) groups is 1. The highest BCUT2D eigenvalue weighted by Gasteiger charge is 2.12. The van der Waals surface area contributed by atoms with Crippen molar-refractivity contribution < 1.29 is 9.21 Å². The lowest BCUT2D eigenvalue weighted by Crippen LogP contribution is -2.36. The maximum atomic E-state index is 12.2. The Bertz CT molecular complexity index is 793. The molecule has 0 saturated heterocycles. The summed E-state index contributed by atoms with van der Waals surface area (Å²) in [6.45, 7) is 2.89. The van der Waals surface area contributed by atoms with Gasteiger partial charge in [-0.15, -0.1) is 0 Å². The van der Waals surface area contributed by atoms with Gasteiger partial charge in [0.1, 0.15) is 11.3 Å². The van der Waals surface area contributed by atoms with E-state index in [1.54, 1.807) is 24.3 Å². The molecular formula is C18H19N3O2. The number of aryl methyl sites for hydroxylation is 1. The van der Waals surface area contributed by atoms with E-state index >= 15 is 0 Å². The molecular weight excluding hydrogens is 290 g/mol. The first kappa shape index (κ1) is 15.1. The number of amides is 2. The van der Waals surface area contributed by atoms with Crippen LogP contribution >= 0.6 is 0 Å². The predicted octanol–water partition coefficient (Wildman–Crippen LogP) is 3.48. The molecule has 23 heavy (non-hydrogen) atoms. The highest BCUT2D eigenvalue weighted by Crippen LogP contribution is 2.19. The van der Waals surface area contributed by atoms with Gasteiger partial charge >= 0.3 is 6.03 Å². The topological polar surface area (TPSA) is 58.4 Å². The predicted molar refractivity (Wildman–Crippen MR) is 88.9 cm³/mol. The number of aromatic nitrogens is 1. The normalized spacial score (nSPS) is 10.7. The standard InChI is InChI=1S/C18H19N3O2/c1-13-10-19-8-7-15(13)11-20-18(22)21(2)12-16-9-14-5-3-4-6-17(14)23-16/h3-10H,11-12H2,1-2H3,(H,20,22). The Hall–Kier alpha value is -2.82. The quantitative estimate of drug-likeness (QED) is 0.802. The van der Waals surface area contributed by atoms with Crippen molar-refractivity contribution in [1.82, 2.24) is 15.2 Å². The summed E-state index contributed by atoms with van der Waals surface area (Å²) in [5.74, 6) is 0.768. The number of nitrogens with one attached hydrogen (secondary N) is 1. The lowest BCUT2D eigenvalue weighted by atomic mass is 10.1. The van der Waals surface area contributed by atoms with Crippen LogP contribution in [-0.2, 0) is 13.1 Å². The minimum Gasteiger partial charge on any atom is -0.459 e. The van der Waals surface area contributed by atoms with Gasteiger partial charge in [0.25, 0.3) is 0 Å². The van der Waals surface area contributed by atoms with Crippen LogP contribution in [0.15, 0.2) is 53.2 Å². The van der Waals surface area contributed by atoms with Crippen LogP contribution < -0.4 is 5.32 Å². The van der Waals surface area contributed by atoms with E-state index in [0.29, 0.717) is 13.1 Å². The van der Waals surface area contributed by atoms with E-state index < -0.39 is 0 Å². The fraction of sp³-hybridized carbons (Fsp3) is 0.222. The largest absolute Gasteiger partial charge is 0.459 e. The molecule has 0 saturated carbocycles. The van der Waals surface area contributed by atoms with Crippen LogP contribution in [0.5, 0.6) is 0 Å². The van der Waals surface area contributed by atoms with Gasteiger partial charge in [-0.25, -0.2) is 4.79 Å². The number of rotatable bonds is 4. The number of nitrogens with zero attached hydrogens (tertiary/aromatic N) is 2. The van der Waals surface area contributed by atoms with Gasteiger partial charge in [0.15, 0.2) is 0 Å². The van der Waals surface area contributed by atoms with Crippen molar-refractivity contribution in [3.8, 4) is 0 Å². The maximum absolute atomic E-state index is 12.2. The fourth-order valence-corrected chi connectivity index (χ4v) is 2.43. The summed E-state index contributed by atoms with van der Waals surface area (Å²) in [4.78, 5) is 17.9. The molecule has 3 rings (SSSR count). The average molecular weight is 309 g/mol. The van der Waals surface area contributed by atoms with Gasteiger partial charge in [0, 0.05) is 31.4 Å². The van der Waals surface area contributed by atoms with Gasteiger partial charge in [-0.3, -0.25) is 4.98 Å². The zero-order valence-electron chi connectivity index (χ0n) is 13.2. The van der Waals surface area contributed by atoms with Gasteiger partial charge in [-0.2, -0.15) is 0 Å². The van der Waals surface area contributed by atoms with Crippen molar-refractivity contribution in [2.24, 2.45) is 0 Å². The van der Waals surface area contributed by atoms with Crippen LogP contribution in [0.1, 0.15) is 16.9 Å². The number of para-hydroxylation sites is 1. The van der Waals surface area contributed by atoms with Crippen molar-refractivity contribution in [3.05, 3.63) is 65.7 Å². The molecule has 0 spiro atoms. The molecule has 1 aromatic carbocycles. The van der Waals surface area contributed by atoms with Crippen LogP contribution in [0.2, 0.25) is 0 Å². The van der Waals surface area contributed by atoms with E-state index in [9.17, 15) is 4.79 Å². The molecule has 2 amide bonds. The number of hydrogen-bond acceptors (Lipinski definition) is 3. The molecule has 0 radical (unpaired) electrons. The van der Waals surface area contributed by atoms with Crippen LogP contribution in [0.4, 0.5) is 4.79 Å². The Balaban J connectivity index is 1.60. The van der Waals surface area contributed by atoms with Crippen LogP contribution in [-0.4, -0.2) is 23.0 Å². The van der Waals surface area contributed by atoms with Crippen molar-refractivity contribution >= 4 is 17.0 Å². The minimum atomic E-state index is -0.137. The molecule has 0 unspecified atom stereocenters. The van der Waals surface area contributed by atoms with E-state index in [4.69, 9.17) is 4.42 Å². The number of hydrogen-bond donors (Lipinski definition) is 1. The molecule has 2 aromatic heterocycles. The van der Waals surface area contributed by atoms with Gasteiger partial charge in [-0.1, -0.05) is 18.2 Å². The monoisotopic (exact) mass is 309 g/mol. The molecule has 0 bridgehead atoms. The lowest BCUT2D eigenvalue weighted by molar-refractivity contribution is 0.203. The van der Waals surface area contributed by atoms with E-state index in [-0.39, 0.29) is 6.03 Å². The first-order chi connectivity index (χ1) is 11.1. The highest BCUT2D eigenvalue weighted by molar-refractivity contribution is 5.78. The number of carbonyl (C=O) groups excluding carboxylic acids is 1. The SMILES string of the molecule is Cc1cnccc1CNC(=O)N(C)Cc1cc2ccccc2o1. The van der Waals surface area contributed by atoms with E-state index in [1.165, 1.54) is 0 Å². The summed E-state index contributed by atoms with van der Waals surface area (Å²) in [6, 6.07) is 11.6. The minimum absolute atomic E-state index is 0.137. The number of urea groups is 1. The number of furan rings is 1. The zero-order chi connectivity index (χ0) is 16.2. The molecule has 3 aromatic rings. The lowest BCUT2D eigenvalue weighted by Gasteiger charge is -2.17. The van der Waals surface area contributed by atoms with E-state index in [1.807, 2.05) is 43.3 Å². The number of fused-ring (bicyclic) bond motifs is 1. The van der Waals surface area contributed by atoms with Gasteiger partial charge < -0.3 is 14.6 Å². The second-order valence-electron chi connectivity index (χ2n) is 5.57. The Labute approximate surface area is 134 Å². The van der Waals surface area contributed by atoms with Crippen molar-refractivity contribution in [1.29, 1.82) is 0 Å². The molecule has 0 fully saturated rings. The van der Waals surface area contributed by atoms with Crippen molar-refractivity contribution in [3.63, 3.8) is 0 Å². The summed E-state index contributed by atoms with van der Waals surface area (Å²) in [5.41, 5.74) is 2.96. The second kappa shape index (κ2) is 6.52. The highest BCUT2D eigenvalue weighted by atomic mass is 16.3. The van der Waals surface area contributed by atoms with Crippen LogP contribution in [0.25, 0.3) is 11.0 Å². The molecule has 0 aliphatic heterocycles. The van der Waals surface area contributed by atoms with Gasteiger partial charge in [0.05, 0.1) is 6.54 Å². The molecule has 0 aliphatic rings. The van der Waals surface area contributed by atoms with Crippen LogP contribution in [0, 0.1) is 6.92 Å². The first-order valence-corrected chi connectivity index (χ1v) is 7.49. The average Bonchev–Trinajstić information content (AvgIpc) is 2.96. The number of benzene rings is 1. The molecule has 5 nitrogen and oxygen atoms in total. The third kappa shape index (κ3) is 3.51. The third-order valence-corrected chi connectivity index (χ3v) is 3.78. The van der Waals surface area contributed by atoms with Crippen LogP contribution in [0.3, 0.4) is 0 Å². The Morgan fingerprint density at radius 2 is 2.13 bits per heavy atom. The first-order valence-electron chi connectivity index (χ1n) is 7.49. The van der Waals surface area contributed by atoms with Crippen molar-refractivity contribution in [2.75, 3.05) is 7.05 Å². The van der Waals surface area contributed by atoms with Gasteiger partial charge in [0.2, 0.25) is 0 Å². The molecule has 1 N–H and O–H groups in total. The maximum Gasteiger partial charge on any atom is 0.317 e. The number of pyridine rings is 1. The smallest absolute Gasteiger partial charge is 0.317 e. The molecule has 5 heteroatoms. The summed E-state index contributed by atoms with van der Waals surface area (Å²) in [5, 5.41) is 3.96. The Morgan fingerprint density at radius 3 is 2.91 bits per heavy atom. The summed E-state index contributed by atoms with van der Waals surface area (Å²) < 4.78 is 5.74. The van der Waals surface area contributed by atoms with Gasteiger partial charge in [-0.05, 0) is 36.2 Å².